The molecule has 0 bridgehead atoms. The fourth-order valence-electron chi connectivity index (χ4n) is 3.12. The van der Waals surface area contributed by atoms with Crippen molar-refractivity contribution in [3.05, 3.63) is 0 Å². The highest BCUT2D eigenvalue weighted by Gasteiger charge is 2.41. The maximum atomic E-state index is 12.3. The van der Waals surface area contributed by atoms with Gasteiger partial charge in [0.1, 0.15) is 0 Å². The predicted octanol–water partition coefficient (Wildman–Crippen LogP) is 2.18. The highest BCUT2D eigenvalue weighted by Crippen LogP contribution is 2.43. The lowest BCUT2D eigenvalue weighted by atomic mass is 9.81. The van der Waals surface area contributed by atoms with E-state index >= 15 is 0 Å². The van der Waals surface area contributed by atoms with Crippen LogP contribution in [0.15, 0.2) is 0 Å². The maximum Gasteiger partial charge on any atom is 0.305 e. The van der Waals surface area contributed by atoms with Gasteiger partial charge in [-0.2, -0.15) is 0 Å². The molecule has 18 heavy (non-hydrogen) atoms. The summed E-state index contributed by atoms with van der Waals surface area (Å²) in [6.07, 6.45) is 5.27. The van der Waals surface area contributed by atoms with Gasteiger partial charge in [0.15, 0.2) is 0 Å². The molecule has 0 aromatic heterocycles. The number of rotatable bonds is 5. The molecule has 2 aliphatic rings. The van der Waals surface area contributed by atoms with Crippen molar-refractivity contribution in [1.29, 1.82) is 0 Å². The molecular formula is C14H23NO3. The highest BCUT2D eigenvalue weighted by molar-refractivity contribution is 5.81. The molecule has 2 saturated carbocycles. The minimum absolute atomic E-state index is 0.0487. The van der Waals surface area contributed by atoms with Crippen LogP contribution in [0.1, 0.15) is 52.4 Å². The standard InChI is InChI=1S/C14H23NO3/c1-14(2)7-3-4-10(14)13(18)15-11(8-12(16)17)9-5-6-9/h9-11H,3-8H2,1-2H3,(H,15,18)(H,16,17). The van der Waals surface area contributed by atoms with Crippen molar-refractivity contribution in [2.75, 3.05) is 0 Å². The molecule has 0 spiro atoms. The Balaban J connectivity index is 1.94. The van der Waals surface area contributed by atoms with Crippen LogP contribution < -0.4 is 5.32 Å². The number of carboxylic acids is 1. The third-order valence-electron chi connectivity index (χ3n) is 4.49. The van der Waals surface area contributed by atoms with E-state index in [1.807, 2.05) is 0 Å². The van der Waals surface area contributed by atoms with Gasteiger partial charge in [-0.3, -0.25) is 9.59 Å². The number of carboxylic acid groups (broad SMARTS) is 1. The van der Waals surface area contributed by atoms with Crippen molar-refractivity contribution in [1.82, 2.24) is 5.32 Å². The minimum atomic E-state index is -0.821. The molecule has 2 unspecified atom stereocenters. The molecule has 2 rings (SSSR count). The minimum Gasteiger partial charge on any atom is -0.481 e. The number of nitrogens with one attached hydrogen (secondary N) is 1. The van der Waals surface area contributed by atoms with E-state index in [0.717, 1.165) is 32.1 Å². The van der Waals surface area contributed by atoms with E-state index in [4.69, 9.17) is 5.11 Å². The van der Waals surface area contributed by atoms with E-state index in [1.165, 1.54) is 0 Å². The second-order valence-electron chi connectivity index (χ2n) is 6.48. The summed E-state index contributed by atoms with van der Waals surface area (Å²) in [6, 6.07) is -0.161. The van der Waals surface area contributed by atoms with E-state index in [-0.39, 0.29) is 29.7 Å². The quantitative estimate of drug-likeness (QED) is 0.789. The third kappa shape index (κ3) is 3.03. The highest BCUT2D eigenvalue weighted by atomic mass is 16.4. The topological polar surface area (TPSA) is 66.4 Å². The number of aliphatic carboxylic acids is 1. The lowest BCUT2D eigenvalue weighted by molar-refractivity contribution is -0.138. The SMILES string of the molecule is CC1(C)CCCC1C(=O)NC(CC(=O)O)C1CC1. The van der Waals surface area contributed by atoms with Crippen molar-refractivity contribution in [2.45, 2.75) is 58.4 Å². The molecule has 0 aromatic carbocycles. The second kappa shape index (κ2) is 4.90. The molecule has 4 heteroatoms. The summed E-state index contributed by atoms with van der Waals surface area (Å²) in [5, 5.41) is 11.9. The molecule has 0 saturated heterocycles. The summed E-state index contributed by atoms with van der Waals surface area (Å²) >= 11 is 0. The first-order valence-electron chi connectivity index (χ1n) is 6.92. The number of carbonyl (C=O) groups excluding carboxylic acids is 1. The van der Waals surface area contributed by atoms with Crippen molar-refractivity contribution < 1.29 is 14.7 Å². The molecule has 2 fully saturated rings. The number of hydrogen-bond donors (Lipinski definition) is 2. The number of hydrogen-bond acceptors (Lipinski definition) is 2. The average molecular weight is 253 g/mol. The summed E-state index contributed by atoms with van der Waals surface area (Å²) in [7, 11) is 0. The van der Waals surface area contributed by atoms with Gasteiger partial charge in [0.2, 0.25) is 5.91 Å². The van der Waals surface area contributed by atoms with Gasteiger partial charge in [-0.05, 0) is 37.0 Å². The molecule has 0 radical (unpaired) electrons. The Hall–Kier alpha value is -1.06. The lowest BCUT2D eigenvalue weighted by Crippen LogP contribution is -2.43. The lowest BCUT2D eigenvalue weighted by Gasteiger charge is -2.28. The van der Waals surface area contributed by atoms with Gasteiger partial charge < -0.3 is 10.4 Å². The van der Waals surface area contributed by atoms with Crippen LogP contribution >= 0.6 is 0 Å². The molecule has 0 aromatic rings. The van der Waals surface area contributed by atoms with Gasteiger partial charge in [0, 0.05) is 12.0 Å². The first kappa shape index (κ1) is 13.4. The normalized spacial score (nSPS) is 27.8. The zero-order valence-corrected chi connectivity index (χ0v) is 11.2. The maximum absolute atomic E-state index is 12.3. The summed E-state index contributed by atoms with van der Waals surface area (Å²) in [4.78, 5) is 23.1. The van der Waals surface area contributed by atoms with E-state index < -0.39 is 5.97 Å². The summed E-state index contributed by atoms with van der Waals surface area (Å²) in [5.74, 6) is -0.323. The first-order chi connectivity index (χ1) is 8.40. The molecule has 4 nitrogen and oxygen atoms in total. The van der Waals surface area contributed by atoms with E-state index in [9.17, 15) is 9.59 Å². The van der Waals surface area contributed by atoms with Crippen molar-refractivity contribution >= 4 is 11.9 Å². The van der Waals surface area contributed by atoms with Crippen LogP contribution in [0, 0.1) is 17.3 Å². The molecule has 102 valence electrons. The van der Waals surface area contributed by atoms with Crippen LogP contribution in [-0.2, 0) is 9.59 Å². The smallest absolute Gasteiger partial charge is 0.305 e. The molecule has 1 amide bonds. The van der Waals surface area contributed by atoms with Gasteiger partial charge in [0.25, 0.3) is 0 Å². The zero-order valence-electron chi connectivity index (χ0n) is 11.2. The average Bonchev–Trinajstić information content (AvgIpc) is 3.01. The van der Waals surface area contributed by atoms with Gasteiger partial charge in [-0.1, -0.05) is 20.3 Å². The van der Waals surface area contributed by atoms with Gasteiger partial charge in [-0.25, -0.2) is 0 Å². The number of amides is 1. The summed E-state index contributed by atoms with van der Waals surface area (Å²) in [5.41, 5.74) is 0.0570. The van der Waals surface area contributed by atoms with Crippen LogP contribution in [0.2, 0.25) is 0 Å². The van der Waals surface area contributed by atoms with E-state index in [1.54, 1.807) is 0 Å². The van der Waals surface area contributed by atoms with Crippen molar-refractivity contribution in [3.8, 4) is 0 Å². The van der Waals surface area contributed by atoms with E-state index in [0.29, 0.717) is 5.92 Å². The molecule has 2 atom stereocenters. The Morgan fingerprint density at radius 2 is 2.00 bits per heavy atom. The predicted molar refractivity (Wildman–Crippen MR) is 68.0 cm³/mol. The van der Waals surface area contributed by atoms with Crippen LogP contribution in [0.4, 0.5) is 0 Å². The molecular weight excluding hydrogens is 230 g/mol. The Labute approximate surface area is 108 Å². The van der Waals surface area contributed by atoms with Gasteiger partial charge in [-0.15, -0.1) is 0 Å². The third-order valence-corrected chi connectivity index (χ3v) is 4.49. The zero-order chi connectivity index (χ0) is 13.3. The Morgan fingerprint density at radius 3 is 2.44 bits per heavy atom. The Bertz CT molecular complexity index is 347. The Morgan fingerprint density at radius 1 is 1.33 bits per heavy atom. The van der Waals surface area contributed by atoms with Crippen LogP contribution in [0.3, 0.4) is 0 Å². The fourth-order valence-corrected chi connectivity index (χ4v) is 3.12. The van der Waals surface area contributed by atoms with Gasteiger partial charge in [0.05, 0.1) is 6.42 Å². The number of carbonyl (C=O) groups is 2. The van der Waals surface area contributed by atoms with Crippen molar-refractivity contribution in [3.63, 3.8) is 0 Å². The Kier molecular flexibility index (Phi) is 3.64. The second-order valence-corrected chi connectivity index (χ2v) is 6.48. The van der Waals surface area contributed by atoms with Crippen molar-refractivity contribution in [2.24, 2.45) is 17.3 Å². The molecule has 2 aliphatic carbocycles. The van der Waals surface area contributed by atoms with Crippen LogP contribution in [0.25, 0.3) is 0 Å². The van der Waals surface area contributed by atoms with Crippen LogP contribution in [-0.4, -0.2) is 23.0 Å². The van der Waals surface area contributed by atoms with E-state index in [2.05, 4.69) is 19.2 Å². The summed E-state index contributed by atoms with van der Waals surface area (Å²) in [6.45, 7) is 4.27. The largest absolute Gasteiger partial charge is 0.481 e. The molecule has 0 aliphatic heterocycles. The van der Waals surface area contributed by atoms with Crippen LogP contribution in [0.5, 0.6) is 0 Å². The first-order valence-corrected chi connectivity index (χ1v) is 6.92. The fraction of sp³-hybridized carbons (Fsp3) is 0.857. The molecule has 0 heterocycles. The monoisotopic (exact) mass is 253 g/mol. The summed E-state index contributed by atoms with van der Waals surface area (Å²) < 4.78 is 0. The molecule has 2 N–H and O–H groups in total. The van der Waals surface area contributed by atoms with Gasteiger partial charge >= 0.3 is 5.97 Å².